The number of hydrogen-bond donors (Lipinski definition) is 2. The Hall–Kier alpha value is -3.61. The van der Waals surface area contributed by atoms with Gasteiger partial charge in [0, 0.05) is 29.4 Å². The first-order valence-electron chi connectivity index (χ1n) is 9.23. The van der Waals surface area contributed by atoms with Crippen LogP contribution in [0.1, 0.15) is 18.2 Å². The number of hydrogen-bond acceptors (Lipinski definition) is 3. The second kappa shape index (κ2) is 7.56. The number of anilines is 2. The number of urea groups is 1. The molecule has 0 aliphatic rings. The number of aromatic nitrogens is 4. The minimum Gasteiger partial charge on any atom is -0.307 e. The van der Waals surface area contributed by atoms with E-state index in [2.05, 4.69) is 27.8 Å². The largest absolute Gasteiger partial charge is 0.323 e. The zero-order valence-electron chi connectivity index (χ0n) is 15.9. The Morgan fingerprint density at radius 1 is 1.04 bits per heavy atom. The van der Waals surface area contributed by atoms with Gasteiger partial charge in [-0.2, -0.15) is 10.2 Å². The highest BCUT2D eigenvalue weighted by Crippen LogP contribution is 2.23. The maximum atomic E-state index is 12.4. The lowest BCUT2D eigenvalue weighted by Gasteiger charge is -2.09. The van der Waals surface area contributed by atoms with E-state index in [1.54, 1.807) is 10.9 Å². The number of rotatable bonds is 5. The van der Waals surface area contributed by atoms with Crippen molar-refractivity contribution in [2.45, 2.75) is 26.9 Å². The molecular formula is C21H22N6O. The highest BCUT2D eigenvalue weighted by atomic mass is 16.2. The topological polar surface area (TPSA) is 76.8 Å². The van der Waals surface area contributed by atoms with E-state index in [9.17, 15) is 4.79 Å². The van der Waals surface area contributed by atoms with Crippen LogP contribution in [0.4, 0.5) is 16.2 Å². The monoisotopic (exact) mass is 374 g/mol. The molecular weight excluding hydrogens is 352 g/mol. The maximum Gasteiger partial charge on any atom is 0.323 e. The summed E-state index contributed by atoms with van der Waals surface area (Å²) in [6.45, 7) is 5.56. The third-order valence-corrected chi connectivity index (χ3v) is 4.77. The summed E-state index contributed by atoms with van der Waals surface area (Å²) >= 11 is 0. The molecule has 2 aromatic heterocycles. The van der Waals surface area contributed by atoms with Crippen molar-refractivity contribution >= 4 is 28.2 Å². The van der Waals surface area contributed by atoms with E-state index in [-0.39, 0.29) is 6.03 Å². The van der Waals surface area contributed by atoms with Gasteiger partial charge in [-0.15, -0.1) is 0 Å². The lowest BCUT2D eigenvalue weighted by molar-refractivity contribution is 0.262. The third kappa shape index (κ3) is 3.59. The zero-order chi connectivity index (χ0) is 19.5. The Morgan fingerprint density at radius 3 is 2.68 bits per heavy atom. The van der Waals surface area contributed by atoms with Gasteiger partial charge in [-0.05, 0) is 25.3 Å². The second-order valence-electron chi connectivity index (χ2n) is 6.60. The van der Waals surface area contributed by atoms with E-state index in [4.69, 9.17) is 0 Å². The fraction of sp³-hybridized carbons (Fsp3) is 0.190. The number of benzene rings is 2. The summed E-state index contributed by atoms with van der Waals surface area (Å²) in [6.07, 6.45) is 5.31. The summed E-state index contributed by atoms with van der Waals surface area (Å²) in [5, 5.41) is 16.5. The average molecular weight is 374 g/mol. The van der Waals surface area contributed by atoms with Crippen LogP contribution in [0.2, 0.25) is 0 Å². The van der Waals surface area contributed by atoms with Crippen molar-refractivity contribution in [3.8, 4) is 0 Å². The molecule has 0 spiro atoms. The second-order valence-corrected chi connectivity index (χ2v) is 6.60. The number of amides is 2. The standard InChI is InChI=1S/C21H22N6O/c1-3-27-15(2)17(11-23-27)13-26-14-18(12-22-26)24-21(28)25-20-10-6-8-16-7-4-5-9-19(16)20/h4-12,14H,3,13H2,1-2H3,(H2,24,25,28). The molecule has 0 aliphatic heterocycles. The van der Waals surface area contributed by atoms with Crippen LogP contribution in [0, 0.1) is 6.92 Å². The lowest BCUT2D eigenvalue weighted by atomic mass is 10.1. The summed E-state index contributed by atoms with van der Waals surface area (Å²) in [4.78, 5) is 12.4. The van der Waals surface area contributed by atoms with E-state index in [1.807, 2.05) is 66.5 Å². The van der Waals surface area contributed by atoms with Crippen molar-refractivity contribution in [3.05, 3.63) is 72.3 Å². The van der Waals surface area contributed by atoms with Gasteiger partial charge in [-0.1, -0.05) is 36.4 Å². The molecule has 0 saturated heterocycles. The van der Waals surface area contributed by atoms with Crippen LogP contribution in [0.3, 0.4) is 0 Å². The van der Waals surface area contributed by atoms with Crippen LogP contribution in [-0.2, 0) is 13.1 Å². The molecule has 2 heterocycles. The molecule has 7 nitrogen and oxygen atoms in total. The molecule has 0 fully saturated rings. The van der Waals surface area contributed by atoms with Crippen LogP contribution in [0.15, 0.2) is 61.1 Å². The van der Waals surface area contributed by atoms with Crippen LogP contribution >= 0.6 is 0 Å². The van der Waals surface area contributed by atoms with E-state index >= 15 is 0 Å². The number of aryl methyl sites for hydroxylation is 1. The van der Waals surface area contributed by atoms with Gasteiger partial charge in [0.05, 0.1) is 30.3 Å². The Labute approximate surface area is 163 Å². The van der Waals surface area contributed by atoms with Crippen LogP contribution < -0.4 is 10.6 Å². The van der Waals surface area contributed by atoms with Gasteiger partial charge in [-0.25, -0.2) is 4.79 Å². The molecule has 0 atom stereocenters. The molecule has 28 heavy (non-hydrogen) atoms. The Morgan fingerprint density at radius 2 is 1.86 bits per heavy atom. The summed E-state index contributed by atoms with van der Waals surface area (Å²) < 4.78 is 3.74. The molecule has 142 valence electrons. The number of carbonyl (C=O) groups is 1. The molecule has 7 heteroatoms. The van der Waals surface area contributed by atoms with Gasteiger partial charge in [-0.3, -0.25) is 9.36 Å². The first kappa shape index (κ1) is 17.8. The predicted octanol–water partition coefficient (Wildman–Crippen LogP) is 4.25. The summed E-state index contributed by atoms with van der Waals surface area (Å²) in [6, 6.07) is 13.5. The van der Waals surface area contributed by atoms with Crippen molar-refractivity contribution in [1.29, 1.82) is 0 Å². The van der Waals surface area contributed by atoms with E-state index in [0.717, 1.165) is 34.3 Å². The predicted molar refractivity (Wildman–Crippen MR) is 111 cm³/mol. The van der Waals surface area contributed by atoms with E-state index in [0.29, 0.717) is 12.2 Å². The fourth-order valence-corrected chi connectivity index (χ4v) is 3.27. The number of fused-ring (bicyclic) bond motifs is 1. The maximum absolute atomic E-state index is 12.4. The van der Waals surface area contributed by atoms with Crippen LogP contribution in [0.25, 0.3) is 10.8 Å². The molecule has 2 N–H and O–H groups in total. The molecule has 0 radical (unpaired) electrons. The van der Waals surface area contributed by atoms with Crippen LogP contribution in [-0.4, -0.2) is 25.6 Å². The molecule has 0 unspecified atom stereocenters. The molecule has 0 saturated carbocycles. The lowest BCUT2D eigenvalue weighted by Crippen LogP contribution is -2.19. The minimum atomic E-state index is -0.300. The molecule has 0 bridgehead atoms. The van der Waals surface area contributed by atoms with Crippen LogP contribution in [0.5, 0.6) is 0 Å². The van der Waals surface area contributed by atoms with Crippen molar-refractivity contribution in [3.63, 3.8) is 0 Å². The first-order chi connectivity index (χ1) is 13.6. The minimum absolute atomic E-state index is 0.300. The van der Waals surface area contributed by atoms with Gasteiger partial charge in [0.2, 0.25) is 0 Å². The van der Waals surface area contributed by atoms with Gasteiger partial charge in [0.25, 0.3) is 0 Å². The first-order valence-corrected chi connectivity index (χ1v) is 9.23. The van der Waals surface area contributed by atoms with Gasteiger partial charge in [0.15, 0.2) is 0 Å². The Balaban J connectivity index is 1.43. The molecule has 0 aliphatic carbocycles. The normalized spacial score (nSPS) is 10.9. The van der Waals surface area contributed by atoms with Crippen molar-refractivity contribution in [2.75, 3.05) is 10.6 Å². The average Bonchev–Trinajstić information content (AvgIpc) is 3.29. The van der Waals surface area contributed by atoms with Crippen molar-refractivity contribution < 1.29 is 4.79 Å². The molecule has 4 rings (SSSR count). The summed E-state index contributed by atoms with van der Waals surface area (Å²) in [5.74, 6) is 0. The number of carbonyl (C=O) groups excluding carboxylic acids is 1. The third-order valence-electron chi connectivity index (χ3n) is 4.77. The SMILES string of the molecule is CCn1ncc(Cn2cc(NC(=O)Nc3cccc4ccccc34)cn2)c1C. The number of nitrogens with one attached hydrogen (secondary N) is 2. The Kier molecular flexibility index (Phi) is 4.80. The smallest absolute Gasteiger partial charge is 0.307 e. The fourth-order valence-electron chi connectivity index (χ4n) is 3.27. The highest BCUT2D eigenvalue weighted by Gasteiger charge is 2.09. The zero-order valence-corrected chi connectivity index (χ0v) is 15.9. The van der Waals surface area contributed by atoms with Gasteiger partial charge < -0.3 is 10.6 Å². The van der Waals surface area contributed by atoms with E-state index < -0.39 is 0 Å². The highest BCUT2D eigenvalue weighted by molar-refractivity contribution is 6.06. The summed E-state index contributed by atoms with van der Waals surface area (Å²) in [7, 11) is 0. The Bertz CT molecular complexity index is 1120. The molecule has 2 amide bonds. The van der Waals surface area contributed by atoms with Gasteiger partial charge >= 0.3 is 6.03 Å². The van der Waals surface area contributed by atoms with E-state index in [1.165, 1.54) is 0 Å². The summed E-state index contributed by atoms with van der Waals surface area (Å²) in [5.41, 5.74) is 3.64. The van der Waals surface area contributed by atoms with Crippen molar-refractivity contribution in [2.24, 2.45) is 0 Å². The molecule has 4 aromatic rings. The van der Waals surface area contributed by atoms with Crippen molar-refractivity contribution in [1.82, 2.24) is 19.6 Å². The molecule has 2 aromatic carbocycles. The number of nitrogens with zero attached hydrogens (tertiary/aromatic N) is 4. The van der Waals surface area contributed by atoms with Gasteiger partial charge in [0.1, 0.15) is 0 Å². The quantitative estimate of drug-likeness (QED) is 0.548.